The van der Waals surface area contributed by atoms with Crippen molar-refractivity contribution in [1.29, 1.82) is 0 Å². The fourth-order valence-corrected chi connectivity index (χ4v) is 3.09. The lowest BCUT2D eigenvalue weighted by atomic mass is 10.1. The number of fused-ring (bicyclic) bond motifs is 1. The van der Waals surface area contributed by atoms with E-state index in [0.717, 1.165) is 16.5 Å². The van der Waals surface area contributed by atoms with Crippen molar-refractivity contribution in [3.63, 3.8) is 0 Å². The summed E-state index contributed by atoms with van der Waals surface area (Å²) in [6.07, 6.45) is -0.325. The van der Waals surface area contributed by atoms with E-state index in [4.69, 9.17) is 4.74 Å². The summed E-state index contributed by atoms with van der Waals surface area (Å²) in [6, 6.07) is 17.7. The molecule has 1 saturated heterocycles. The summed E-state index contributed by atoms with van der Waals surface area (Å²) in [5.74, 6) is -0.434. The van der Waals surface area contributed by atoms with Crippen LogP contribution in [0.5, 0.6) is 0 Å². The van der Waals surface area contributed by atoms with Crippen LogP contribution in [0, 0.1) is 5.82 Å². The maximum atomic E-state index is 13.4. The summed E-state index contributed by atoms with van der Waals surface area (Å²) in [5, 5.41) is 0.999. The molecular formula is C20H17FN2O2. The number of morpholine rings is 1. The van der Waals surface area contributed by atoms with Gasteiger partial charge in [-0.3, -0.25) is 4.79 Å². The third kappa shape index (κ3) is 3.23. The smallest absolute Gasteiger partial charge is 0.272 e. The standard InChI is InChI=1S/C20H17FN2O2/c21-16-6-3-5-15(12-16)19-13-23(10-11-25-19)20(24)18-9-8-14-4-1-2-7-17(14)22-18/h1-9,12,19H,10-11,13H2/t19-/m1/s1. The van der Waals surface area contributed by atoms with E-state index in [-0.39, 0.29) is 17.8 Å². The molecule has 1 aliphatic heterocycles. The average Bonchev–Trinajstić information content (AvgIpc) is 2.67. The molecule has 0 saturated carbocycles. The predicted octanol–water partition coefficient (Wildman–Crippen LogP) is 3.59. The Kier molecular flexibility index (Phi) is 4.15. The van der Waals surface area contributed by atoms with Gasteiger partial charge in [-0.2, -0.15) is 0 Å². The number of ether oxygens (including phenoxy) is 1. The zero-order valence-corrected chi connectivity index (χ0v) is 13.6. The minimum Gasteiger partial charge on any atom is -0.370 e. The van der Waals surface area contributed by atoms with E-state index in [0.29, 0.717) is 25.4 Å². The van der Waals surface area contributed by atoms with Gasteiger partial charge in [0.05, 0.1) is 18.7 Å². The van der Waals surface area contributed by atoms with E-state index in [2.05, 4.69) is 4.98 Å². The molecule has 0 N–H and O–H groups in total. The molecule has 3 aromatic rings. The van der Waals surface area contributed by atoms with E-state index >= 15 is 0 Å². The molecule has 1 fully saturated rings. The molecule has 0 unspecified atom stereocenters. The van der Waals surface area contributed by atoms with Crippen LogP contribution in [0.2, 0.25) is 0 Å². The van der Waals surface area contributed by atoms with Crippen LogP contribution in [0.3, 0.4) is 0 Å². The highest BCUT2D eigenvalue weighted by atomic mass is 19.1. The van der Waals surface area contributed by atoms with E-state index in [1.807, 2.05) is 36.4 Å². The van der Waals surface area contributed by atoms with Gasteiger partial charge in [-0.15, -0.1) is 0 Å². The zero-order chi connectivity index (χ0) is 17.2. The third-order valence-corrected chi connectivity index (χ3v) is 4.39. The predicted molar refractivity (Wildman–Crippen MR) is 92.7 cm³/mol. The molecule has 5 heteroatoms. The van der Waals surface area contributed by atoms with E-state index < -0.39 is 0 Å². The number of amides is 1. The van der Waals surface area contributed by atoms with Crippen LogP contribution < -0.4 is 0 Å². The molecule has 1 aromatic heterocycles. The number of rotatable bonds is 2. The number of halogens is 1. The van der Waals surface area contributed by atoms with Gasteiger partial charge in [0.25, 0.3) is 5.91 Å². The largest absolute Gasteiger partial charge is 0.370 e. The highest BCUT2D eigenvalue weighted by Gasteiger charge is 2.27. The van der Waals surface area contributed by atoms with Crippen molar-refractivity contribution >= 4 is 16.8 Å². The number of nitrogens with zero attached hydrogens (tertiary/aromatic N) is 2. The van der Waals surface area contributed by atoms with Crippen molar-refractivity contribution in [2.45, 2.75) is 6.10 Å². The highest BCUT2D eigenvalue weighted by molar-refractivity contribution is 5.95. The fourth-order valence-electron chi connectivity index (χ4n) is 3.09. The second-order valence-corrected chi connectivity index (χ2v) is 6.05. The van der Waals surface area contributed by atoms with Gasteiger partial charge in [-0.25, -0.2) is 9.37 Å². The van der Waals surface area contributed by atoms with Crippen molar-refractivity contribution in [3.8, 4) is 0 Å². The summed E-state index contributed by atoms with van der Waals surface area (Å²) in [4.78, 5) is 19.0. The number of para-hydroxylation sites is 1. The van der Waals surface area contributed by atoms with Crippen LogP contribution in [-0.2, 0) is 4.74 Å². The molecule has 4 rings (SSSR count). The monoisotopic (exact) mass is 336 g/mol. The number of benzene rings is 2. The first-order valence-corrected chi connectivity index (χ1v) is 8.23. The Morgan fingerprint density at radius 2 is 2.00 bits per heavy atom. The number of aromatic nitrogens is 1. The molecule has 1 amide bonds. The minimum absolute atomic E-state index is 0.129. The molecule has 126 valence electrons. The lowest BCUT2D eigenvalue weighted by Gasteiger charge is -2.33. The van der Waals surface area contributed by atoms with Gasteiger partial charge in [-0.05, 0) is 29.8 Å². The molecule has 0 bridgehead atoms. The lowest BCUT2D eigenvalue weighted by Crippen LogP contribution is -2.42. The van der Waals surface area contributed by atoms with Crippen LogP contribution in [0.4, 0.5) is 4.39 Å². The third-order valence-electron chi connectivity index (χ3n) is 4.39. The number of carbonyl (C=O) groups excluding carboxylic acids is 1. The number of carbonyl (C=O) groups is 1. The maximum Gasteiger partial charge on any atom is 0.272 e. The summed E-state index contributed by atoms with van der Waals surface area (Å²) in [7, 11) is 0. The number of hydrogen-bond acceptors (Lipinski definition) is 3. The van der Waals surface area contributed by atoms with Crippen LogP contribution in [0.1, 0.15) is 22.2 Å². The van der Waals surface area contributed by atoms with Crippen molar-refractivity contribution < 1.29 is 13.9 Å². The molecule has 0 aliphatic carbocycles. The van der Waals surface area contributed by atoms with E-state index in [9.17, 15) is 9.18 Å². The Morgan fingerprint density at radius 3 is 2.88 bits per heavy atom. The average molecular weight is 336 g/mol. The second kappa shape index (κ2) is 6.61. The summed E-state index contributed by atoms with van der Waals surface area (Å²) < 4.78 is 19.2. The molecule has 2 heterocycles. The first-order valence-electron chi connectivity index (χ1n) is 8.23. The second-order valence-electron chi connectivity index (χ2n) is 6.05. The van der Waals surface area contributed by atoms with Gasteiger partial charge in [0.15, 0.2) is 0 Å². The van der Waals surface area contributed by atoms with Gasteiger partial charge in [0.1, 0.15) is 17.6 Å². The summed E-state index contributed by atoms with van der Waals surface area (Å²) in [6.45, 7) is 1.30. The van der Waals surface area contributed by atoms with Crippen LogP contribution in [0.15, 0.2) is 60.7 Å². The zero-order valence-electron chi connectivity index (χ0n) is 13.6. The summed E-state index contributed by atoms with van der Waals surface area (Å²) >= 11 is 0. The van der Waals surface area contributed by atoms with Crippen LogP contribution in [-0.4, -0.2) is 35.5 Å². The Labute approximate surface area is 144 Å². The van der Waals surface area contributed by atoms with Crippen molar-refractivity contribution in [2.24, 2.45) is 0 Å². The normalized spacial score (nSPS) is 17.6. The first kappa shape index (κ1) is 15.7. The number of pyridine rings is 1. The molecule has 1 atom stereocenters. The molecule has 25 heavy (non-hydrogen) atoms. The van der Waals surface area contributed by atoms with Crippen molar-refractivity contribution in [1.82, 2.24) is 9.88 Å². The molecule has 4 nitrogen and oxygen atoms in total. The lowest BCUT2D eigenvalue weighted by molar-refractivity contribution is -0.0231. The molecule has 0 spiro atoms. The van der Waals surface area contributed by atoms with Gasteiger partial charge >= 0.3 is 0 Å². The topological polar surface area (TPSA) is 42.4 Å². The van der Waals surface area contributed by atoms with E-state index in [1.54, 1.807) is 17.0 Å². The van der Waals surface area contributed by atoms with Gasteiger partial charge in [0.2, 0.25) is 0 Å². The molecule has 2 aromatic carbocycles. The van der Waals surface area contributed by atoms with Gasteiger partial charge in [-0.1, -0.05) is 36.4 Å². The minimum atomic E-state index is -0.325. The number of hydrogen-bond donors (Lipinski definition) is 0. The SMILES string of the molecule is O=C(c1ccc2ccccc2n1)N1CCO[C@@H](c2cccc(F)c2)C1. The van der Waals surface area contributed by atoms with Gasteiger partial charge < -0.3 is 9.64 Å². The Hall–Kier alpha value is -2.79. The maximum absolute atomic E-state index is 13.4. The molecular weight excluding hydrogens is 319 g/mol. The van der Waals surface area contributed by atoms with Gasteiger partial charge in [0, 0.05) is 11.9 Å². The first-order chi connectivity index (χ1) is 12.2. The Bertz CT molecular complexity index is 928. The quantitative estimate of drug-likeness (QED) is 0.718. The fraction of sp³-hybridized carbons (Fsp3) is 0.200. The Morgan fingerprint density at radius 1 is 1.12 bits per heavy atom. The summed E-state index contributed by atoms with van der Waals surface area (Å²) in [5.41, 5.74) is 1.95. The highest BCUT2D eigenvalue weighted by Crippen LogP contribution is 2.24. The molecule has 0 radical (unpaired) electrons. The van der Waals surface area contributed by atoms with Crippen molar-refractivity contribution in [2.75, 3.05) is 19.7 Å². The Balaban J connectivity index is 1.56. The van der Waals surface area contributed by atoms with Crippen LogP contribution >= 0.6 is 0 Å². The van der Waals surface area contributed by atoms with Crippen molar-refractivity contribution in [3.05, 3.63) is 77.7 Å². The molecule has 1 aliphatic rings. The van der Waals surface area contributed by atoms with Crippen LogP contribution in [0.25, 0.3) is 10.9 Å². The van der Waals surface area contributed by atoms with E-state index in [1.165, 1.54) is 12.1 Å².